The highest BCUT2D eigenvalue weighted by Crippen LogP contribution is 2.32. The third-order valence-corrected chi connectivity index (χ3v) is 7.23. The lowest BCUT2D eigenvalue weighted by molar-refractivity contribution is 0.0985. The Morgan fingerprint density at radius 2 is 1.89 bits per heavy atom. The molecule has 5 nitrogen and oxygen atoms in total. The standard InChI is InChI=1S/C19H20BrFN2O3S/c1-3-22(4-2)27(25,26)15-6-8-18-13(11-15)9-10-23(18)19(24)16-12-14(20)5-7-17(16)21/h5-8,11-12H,3-4,9-10H2,1-2H3. The van der Waals surface area contributed by atoms with E-state index in [2.05, 4.69) is 15.9 Å². The maximum absolute atomic E-state index is 14.1. The van der Waals surface area contributed by atoms with Gasteiger partial charge in [-0.3, -0.25) is 4.79 Å². The molecule has 8 heteroatoms. The summed E-state index contributed by atoms with van der Waals surface area (Å²) in [7, 11) is -3.56. The number of sulfonamides is 1. The van der Waals surface area contributed by atoms with Crippen molar-refractivity contribution in [3.05, 3.63) is 57.8 Å². The summed E-state index contributed by atoms with van der Waals surface area (Å²) in [6, 6.07) is 8.99. The number of fused-ring (bicyclic) bond motifs is 1. The van der Waals surface area contributed by atoms with Crippen molar-refractivity contribution in [2.24, 2.45) is 0 Å². The van der Waals surface area contributed by atoms with Crippen molar-refractivity contribution in [3.63, 3.8) is 0 Å². The van der Waals surface area contributed by atoms with Gasteiger partial charge in [0.05, 0.1) is 10.5 Å². The first-order valence-electron chi connectivity index (χ1n) is 8.69. The lowest BCUT2D eigenvalue weighted by Crippen LogP contribution is -2.31. The Kier molecular flexibility index (Phi) is 5.69. The molecule has 1 heterocycles. The summed E-state index contributed by atoms with van der Waals surface area (Å²) < 4.78 is 41.5. The third-order valence-electron chi connectivity index (χ3n) is 4.69. The molecule has 2 aromatic carbocycles. The molecule has 0 fully saturated rings. The van der Waals surface area contributed by atoms with E-state index in [-0.39, 0.29) is 10.5 Å². The lowest BCUT2D eigenvalue weighted by Gasteiger charge is -2.20. The molecule has 0 saturated carbocycles. The molecule has 1 aliphatic rings. The Hall–Kier alpha value is -1.77. The van der Waals surface area contributed by atoms with Gasteiger partial charge in [0.2, 0.25) is 10.0 Å². The molecule has 1 amide bonds. The summed E-state index contributed by atoms with van der Waals surface area (Å²) >= 11 is 3.25. The maximum Gasteiger partial charge on any atom is 0.261 e. The molecule has 1 aliphatic heterocycles. The van der Waals surface area contributed by atoms with Crippen molar-refractivity contribution in [3.8, 4) is 0 Å². The number of hydrogen-bond acceptors (Lipinski definition) is 3. The molecule has 0 unspecified atom stereocenters. The SMILES string of the molecule is CCN(CC)S(=O)(=O)c1ccc2c(c1)CCN2C(=O)c1cc(Br)ccc1F. The summed E-state index contributed by atoms with van der Waals surface area (Å²) in [6.45, 7) is 4.75. The van der Waals surface area contributed by atoms with Crippen LogP contribution in [0.4, 0.5) is 10.1 Å². The average Bonchev–Trinajstić information content (AvgIpc) is 3.07. The number of carbonyl (C=O) groups is 1. The van der Waals surface area contributed by atoms with Crippen LogP contribution in [-0.2, 0) is 16.4 Å². The quantitative estimate of drug-likeness (QED) is 0.689. The Morgan fingerprint density at radius 3 is 2.56 bits per heavy atom. The van der Waals surface area contributed by atoms with Crippen LogP contribution >= 0.6 is 15.9 Å². The second kappa shape index (κ2) is 7.69. The highest BCUT2D eigenvalue weighted by molar-refractivity contribution is 9.10. The predicted molar refractivity (Wildman–Crippen MR) is 106 cm³/mol. The van der Waals surface area contributed by atoms with E-state index in [0.717, 1.165) is 5.56 Å². The fourth-order valence-corrected chi connectivity index (χ4v) is 5.14. The van der Waals surface area contributed by atoms with Gasteiger partial charge in [0.15, 0.2) is 0 Å². The minimum Gasteiger partial charge on any atom is -0.308 e. The summed E-state index contributed by atoms with van der Waals surface area (Å²) in [6.07, 6.45) is 0.526. The van der Waals surface area contributed by atoms with Crippen LogP contribution in [-0.4, -0.2) is 38.3 Å². The first-order chi connectivity index (χ1) is 12.8. The van der Waals surface area contributed by atoms with E-state index in [0.29, 0.717) is 36.2 Å². The van der Waals surface area contributed by atoms with Crippen molar-refractivity contribution in [1.82, 2.24) is 4.31 Å². The molecule has 0 bridgehead atoms. The van der Waals surface area contributed by atoms with Crippen LogP contribution in [0.25, 0.3) is 0 Å². The summed E-state index contributed by atoms with van der Waals surface area (Å²) in [5.41, 5.74) is 1.38. The molecule has 2 aromatic rings. The third kappa shape index (κ3) is 3.66. The number of nitrogens with zero attached hydrogens (tertiary/aromatic N) is 2. The van der Waals surface area contributed by atoms with Crippen molar-refractivity contribution in [1.29, 1.82) is 0 Å². The second-order valence-electron chi connectivity index (χ2n) is 6.21. The van der Waals surface area contributed by atoms with E-state index in [9.17, 15) is 17.6 Å². The molecule has 3 rings (SSSR count). The molecule has 0 aliphatic carbocycles. The van der Waals surface area contributed by atoms with Gasteiger partial charge < -0.3 is 4.90 Å². The molecular formula is C19H20BrFN2O3S. The fourth-order valence-electron chi connectivity index (χ4n) is 3.27. The van der Waals surface area contributed by atoms with Crippen LogP contribution in [0.15, 0.2) is 45.8 Å². The first kappa shape index (κ1) is 20.0. The predicted octanol–water partition coefficient (Wildman–Crippen LogP) is 3.82. The van der Waals surface area contributed by atoms with Gasteiger partial charge >= 0.3 is 0 Å². The van der Waals surface area contributed by atoms with E-state index in [1.165, 1.54) is 33.5 Å². The van der Waals surface area contributed by atoms with Crippen LogP contribution in [0.2, 0.25) is 0 Å². The van der Waals surface area contributed by atoms with E-state index in [4.69, 9.17) is 0 Å². The highest BCUT2D eigenvalue weighted by atomic mass is 79.9. The van der Waals surface area contributed by atoms with Crippen LogP contribution in [0.5, 0.6) is 0 Å². The number of amides is 1. The monoisotopic (exact) mass is 454 g/mol. The van der Waals surface area contributed by atoms with Gasteiger partial charge in [-0.05, 0) is 48.4 Å². The molecule has 0 N–H and O–H groups in total. The van der Waals surface area contributed by atoms with Crippen molar-refractivity contribution in [2.75, 3.05) is 24.5 Å². The van der Waals surface area contributed by atoms with Gasteiger partial charge in [0, 0.05) is 29.8 Å². The first-order valence-corrected chi connectivity index (χ1v) is 10.9. The number of halogens is 2. The number of rotatable bonds is 5. The second-order valence-corrected chi connectivity index (χ2v) is 9.06. The highest BCUT2D eigenvalue weighted by Gasteiger charge is 2.30. The smallest absolute Gasteiger partial charge is 0.261 e. The normalized spacial score (nSPS) is 13.9. The minimum absolute atomic E-state index is 0.0166. The van der Waals surface area contributed by atoms with Crippen LogP contribution in [0.1, 0.15) is 29.8 Å². The lowest BCUT2D eigenvalue weighted by atomic mass is 10.1. The van der Waals surface area contributed by atoms with Crippen LogP contribution < -0.4 is 4.90 Å². The molecular weight excluding hydrogens is 435 g/mol. The molecule has 0 radical (unpaired) electrons. The van der Waals surface area contributed by atoms with Gasteiger partial charge in [-0.25, -0.2) is 12.8 Å². The summed E-state index contributed by atoms with van der Waals surface area (Å²) in [4.78, 5) is 14.5. The van der Waals surface area contributed by atoms with Gasteiger partial charge in [0.1, 0.15) is 5.82 Å². The number of benzene rings is 2. The van der Waals surface area contributed by atoms with E-state index < -0.39 is 21.7 Å². The van der Waals surface area contributed by atoms with Crippen LogP contribution in [0, 0.1) is 5.82 Å². The molecule has 144 valence electrons. The Morgan fingerprint density at radius 1 is 1.19 bits per heavy atom. The zero-order chi connectivity index (χ0) is 19.8. The van der Waals surface area contributed by atoms with Gasteiger partial charge in [-0.15, -0.1) is 0 Å². The van der Waals surface area contributed by atoms with E-state index >= 15 is 0 Å². The van der Waals surface area contributed by atoms with Gasteiger partial charge in [-0.1, -0.05) is 29.8 Å². The van der Waals surface area contributed by atoms with Crippen LogP contribution in [0.3, 0.4) is 0 Å². The Labute approximate surface area is 167 Å². The minimum atomic E-state index is -3.56. The zero-order valence-electron chi connectivity index (χ0n) is 15.1. The van der Waals surface area contributed by atoms with Crippen molar-refractivity contribution < 1.29 is 17.6 Å². The average molecular weight is 455 g/mol. The Balaban J connectivity index is 1.95. The van der Waals surface area contributed by atoms with E-state index in [1.807, 2.05) is 0 Å². The van der Waals surface area contributed by atoms with Gasteiger partial charge in [0.25, 0.3) is 5.91 Å². The maximum atomic E-state index is 14.1. The van der Waals surface area contributed by atoms with E-state index in [1.54, 1.807) is 26.0 Å². The largest absolute Gasteiger partial charge is 0.308 e. The summed E-state index contributed by atoms with van der Waals surface area (Å²) in [5, 5.41) is 0. The molecule has 0 spiro atoms. The fraction of sp³-hybridized carbons (Fsp3) is 0.316. The molecule has 0 atom stereocenters. The number of hydrogen-bond donors (Lipinski definition) is 0. The molecule has 0 aromatic heterocycles. The zero-order valence-corrected chi connectivity index (χ0v) is 17.5. The van der Waals surface area contributed by atoms with Crippen molar-refractivity contribution >= 4 is 37.5 Å². The number of carbonyl (C=O) groups excluding carboxylic acids is 1. The topological polar surface area (TPSA) is 57.7 Å². The number of anilines is 1. The molecule has 27 heavy (non-hydrogen) atoms. The van der Waals surface area contributed by atoms with Gasteiger partial charge in [-0.2, -0.15) is 4.31 Å². The Bertz CT molecular complexity index is 990. The summed E-state index contributed by atoms with van der Waals surface area (Å²) in [5.74, 6) is -1.02. The van der Waals surface area contributed by atoms with Crippen molar-refractivity contribution in [2.45, 2.75) is 25.2 Å². The molecule has 0 saturated heterocycles.